The van der Waals surface area contributed by atoms with Crippen LogP contribution in [-0.2, 0) is 11.2 Å². The number of amides is 1. The summed E-state index contributed by atoms with van der Waals surface area (Å²) in [6.45, 7) is 5.44. The van der Waals surface area contributed by atoms with Crippen LogP contribution in [-0.4, -0.2) is 53.6 Å². The van der Waals surface area contributed by atoms with E-state index in [1.54, 1.807) is 0 Å². The second-order valence-corrected chi connectivity index (χ2v) is 7.18. The van der Waals surface area contributed by atoms with Gasteiger partial charge in [-0.25, -0.2) is 4.98 Å². The van der Waals surface area contributed by atoms with Gasteiger partial charge in [0, 0.05) is 26.2 Å². The molecule has 1 aromatic heterocycles. The lowest BCUT2D eigenvalue weighted by molar-refractivity contribution is -0.132. The predicted molar refractivity (Wildman–Crippen MR) is 114 cm³/mol. The number of carbonyl (C=O) groups excluding carboxylic acids is 1. The van der Waals surface area contributed by atoms with E-state index in [-0.39, 0.29) is 5.91 Å². The number of aryl methyl sites for hydroxylation is 1. The van der Waals surface area contributed by atoms with Gasteiger partial charge in [-0.05, 0) is 36.2 Å². The number of benzene rings is 2. The standard InChI is InChI=1S/C23H26N4O2/c1-2-18-7-9-19(10-8-18)29-16-11-23(28)27-14-12-26(13-15-27)22-17-24-20-5-3-4-6-21(20)25-22/h3-10,17H,2,11-16H2,1H3. The molecule has 6 nitrogen and oxygen atoms in total. The maximum absolute atomic E-state index is 12.5. The van der Waals surface area contributed by atoms with Gasteiger partial charge in [0.2, 0.25) is 5.91 Å². The number of ether oxygens (including phenoxy) is 1. The summed E-state index contributed by atoms with van der Waals surface area (Å²) in [6, 6.07) is 15.9. The van der Waals surface area contributed by atoms with Crippen molar-refractivity contribution in [3.8, 4) is 5.75 Å². The van der Waals surface area contributed by atoms with Crippen molar-refractivity contribution < 1.29 is 9.53 Å². The van der Waals surface area contributed by atoms with Gasteiger partial charge in [0.25, 0.3) is 0 Å². The maximum Gasteiger partial charge on any atom is 0.226 e. The van der Waals surface area contributed by atoms with Crippen molar-refractivity contribution in [2.24, 2.45) is 0 Å². The Hall–Kier alpha value is -3.15. The van der Waals surface area contributed by atoms with Crippen molar-refractivity contribution in [3.63, 3.8) is 0 Å². The predicted octanol–water partition coefficient (Wildman–Crippen LogP) is 3.31. The highest BCUT2D eigenvalue weighted by Crippen LogP contribution is 2.17. The number of para-hydroxylation sites is 2. The van der Waals surface area contributed by atoms with Gasteiger partial charge in [-0.3, -0.25) is 9.78 Å². The summed E-state index contributed by atoms with van der Waals surface area (Å²) in [7, 11) is 0. The molecule has 0 atom stereocenters. The van der Waals surface area contributed by atoms with Crippen LogP contribution in [0.3, 0.4) is 0 Å². The van der Waals surface area contributed by atoms with Crippen LogP contribution in [0.25, 0.3) is 11.0 Å². The SMILES string of the molecule is CCc1ccc(OCCC(=O)N2CCN(c3cnc4ccccc4n3)CC2)cc1. The minimum Gasteiger partial charge on any atom is -0.493 e. The quantitative estimate of drug-likeness (QED) is 0.646. The first-order valence-corrected chi connectivity index (χ1v) is 10.2. The number of carbonyl (C=O) groups is 1. The van der Waals surface area contributed by atoms with E-state index < -0.39 is 0 Å². The molecule has 1 aliphatic rings. The summed E-state index contributed by atoms with van der Waals surface area (Å²) in [4.78, 5) is 25.8. The van der Waals surface area contributed by atoms with Gasteiger partial charge >= 0.3 is 0 Å². The second kappa shape index (κ2) is 8.90. The van der Waals surface area contributed by atoms with E-state index in [0.29, 0.717) is 26.1 Å². The zero-order valence-electron chi connectivity index (χ0n) is 16.8. The second-order valence-electron chi connectivity index (χ2n) is 7.18. The lowest BCUT2D eigenvalue weighted by Crippen LogP contribution is -2.49. The van der Waals surface area contributed by atoms with Crippen molar-refractivity contribution >= 4 is 22.8 Å². The molecule has 1 saturated heterocycles. The van der Waals surface area contributed by atoms with E-state index in [1.807, 2.05) is 47.5 Å². The molecule has 2 heterocycles. The molecule has 0 aliphatic carbocycles. The molecule has 6 heteroatoms. The summed E-state index contributed by atoms with van der Waals surface area (Å²) in [5.74, 6) is 1.82. The fourth-order valence-electron chi connectivity index (χ4n) is 3.52. The first kappa shape index (κ1) is 19.2. The molecule has 0 unspecified atom stereocenters. The molecule has 150 valence electrons. The average Bonchev–Trinajstić information content (AvgIpc) is 2.79. The highest BCUT2D eigenvalue weighted by molar-refractivity contribution is 5.77. The molecule has 0 radical (unpaired) electrons. The molecule has 2 aromatic carbocycles. The van der Waals surface area contributed by atoms with Crippen LogP contribution in [0.1, 0.15) is 18.9 Å². The molecule has 29 heavy (non-hydrogen) atoms. The number of anilines is 1. The fraction of sp³-hybridized carbons (Fsp3) is 0.348. The molecule has 0 bridgehead atoms. The first-order valence-electron chi connectivity index (χ1n) is 10.2. The van der Waals surface area contributed by atoms with E-state index in [4.69, 9.17) is 9.72 Å². The Bertz CT molecular complexity index is 966. The number of hydrogen-bond donors (Lipinski definition) is 0. The Labute approximate surface area is 171 Å². The molecule has 0 spiro atoms. The van der Waals surface area contributed by atoms with Crippen LogP contribution in [0.4, 0.5) is 5.82 Å². The number of nitrogens with zero attached hydrogens (tertiary/aromatic N) is 4. The van der Waals surface area contributed by atoms with E-state index >= 15 is 0 Å². The van der Waals surface area contributed by atoms with Crippen molar-refractivity contribution in [2.45, 2.75) is 19.8 Å². The molecule has 0 saturated carbocycles. The zero-order chi connectivity index (χ0) is 20.1. The van der Waals surface area contributed by atoms with Crippen molar-refractivity contribution in [3.05, 3.63) is 60.3 Å². The van der Waals surface area contributed by atoms with Crippen LogP contribution < -0.4 is 9.64 Å². The van der Waals surface area contributed by atoms with Gasteiger partial charge in [-0.15, -0.1) is 0 Å². The van der Waals surface area contributed by atoms with Gasteiger partial charge < -0.3 is 14.5 Å². The number of hydrogen-bond acceptors (Lipinski definition) is 5. The smallest absolute Gasteiger partial charge is 0.226 e. The summed E-state index contributed by atoms with van der Waals surface area (Å²) in [6.07, 6.45) is 3.22. The minimum absolute atomic E-state index is 0.138. The lowest BCUT2D eigenvalue weighted by Gasteiger charge is -2.35. The van der Waals surface area contributed by atoms with Crippen molar-refractivity contribution in [2.75, 3.05) is 37.7 Å². The molecular weight excluding hydrogens is 364 g/mol. The summed E-state index contributed by atoms with van der Waals surface area (Å²) in [5.41, 5.74) is 3.07. The summed E-state index contributed by atoms with van der Waals surface area (Å²) < 4.78 is 5.72. The Kier molecular flexibility index (Phi) is 5.89. The molecular formula is C23H26N4O2. The lowest BCUT2D eigenvalue weighted by atomic mass is 10.2. The van der Waals surface area contributed by atoms with Crippen molar-refractivity contribution in [1.82, 2.24) is 14.9 Å². The Morgan fingerprint density at radius 3 is 2.45 bits per heavy atom. The zero-order valence-corrected chi connectivity index (χ0v) is 16.8. The number of rotatable bonds is 6. The van der Waals surface area contributed by atoms with Gasteiger partial charge in [0.1, 0.15) is 11.6 Å². The molecule has 0 N–H and O–H groups in total. The molecule has 1 amide bonds. The molecule has 1 aliphatic heterocycles. The van der Waals surface area contributed by atoms with Crippen LogP contribution in [0.2, 0.25) is 0 Å². The topological polar surface area (TPSA) is 58.6 Å². The molecule has 1 fully saturated rings. The minimum atomic E-state index is 0.138. The van der Waals surface area contributed by atoms with Gasteiger partial charge in [0.15, 0.2) is 0 Å². The third-order valence-corrected chi connectivity index (χ3v) is 5.31. The van der Waals surface area contributed by atoms with Crippen LogP contribution >= 0.6 is 0 Å². The third kappa shape index (κ3) is 4.65. The summed E-state index contributed by atoms with van der Waals surface area (Å²) >= 11 is 0. The van der Waals surface area contributed by atoms with E-state index in [0.717, 1.165) is 42.1 Å². The highest BCUT2D eigenvalue weighted by Gasteiger charge is 2.22. The normalized spacial score (nSPS) is 14.2. The number of aromatic nitrogens is 2. The van der Waals surface area contributed by atoms with Crippen LogP contribution in [0, 0.1) is 0 Å². The Morgan fingerprint density at radius 1 is 1.00 bits per heavy atom. The largest absolute Gasteiger partial charge is 0.493 e. The Morgan fingerprint density at radius 2 is 1.72 bits per heavy atom. The Balaban J connectivity index is 1.25. The molecule has 3 aromatic rings. The van der Waals surface area contributed by atoms with Crippen LogP contribution in [0.5, 0.6) is 5.75 Å². The van der Waals surface area contributed by atoms with Crippen LogP contribution in [0.15, 0.2) is 54.7 Å². The van der Waals surface area contributed by atoms with E-state index in [2.05, 4.69) is 28.9 Å². The summed E-state index contributed by atoms with van der Waals surface area (Å²) in [5, 5.41) is 0. The van der Waals surface area contributed by atoms with Crippen molar-refractivity contribution in [1.29, 1.82) is 0 Å². The number of piperazine rings is 1. The van der Waals surface area contributed by atoms with Gasteiger partial charge in [0.05, 0.1) is 30.3 Å². The maximum atomic E-state index is 12.5. The monoisotopic (exact) mass is 390 g/mol. The first-order chi connectivity index (χ1) is 14.2. The van der Waals surface area contributed by atoms with E-state index in [1.165, 1.54) is 5.56 Å². The highest BCUT2D eigenvalue weighted by atomic mass is 16.5. The average molecular weight is 390 g/mol. The van der Waals surface area contributed by atoms with Gasteiger partial charge in [-0.2, -0.15) is 0 Å². The van der Waals surface area contributed by atoms with E-state index in [9.17, 15) is 4.79 Å². The van der Waals surface area contributed by atoms with Gasteiger partial charge in [-0.1, -0.05) is 31.2 Å². The fourth-order valence-corrected chi connectivity index (χ4v) is 3.52. The molecule has 4 rings (SSSR count). The number of fused-ring (bicyclic) bond motifs is 1. The third-order valence-electron chi connectivity index (χ3n) is 5.31.